The van der Waals surface area contributed by atoms with Gasteiger partial charge in [-0.25, -0.2) is 0 Å². The predicted octanol–water partition coefficient (Wildman–Crippen LogP) is 3.33. The van der Waals surface area contributed by atoms with Crippen molar-refractivity contribution in [1.29, 1.82) is 0 Å². The second kappa shape index (κ2) is 7.87. The molecule has 0 amide bonds. The molecule has 0 saturated carbocycles. The van der Waals surface area contributed by atoms with Crippen molar-refractivity contribution in [3.8, 4) is 0 Å². The summed E-state index contributed by atoms with van der Waals surface area (Å²) < 4.78 is 9.44. The van der Waals surface area contributed by atoms with Crippen LogP contribution >= 0.6 is 11.6 Å². The molecule has 0 aliphatic carbocycles. The number of carbonyl (C=O) groups excluding carboxylic acids is 2. The van der Waals surface area contributed by atoms with Crippen LogP contribution in [0.4, 0.5) is 0 Å². The van der Waals surface area contributed by atoms with E-state index < -0.39 is 23.5 Å². The zero-order chi connectivity index (χ0) is 18.6. The van der Waals surface area contributed by atoms with Crippen LogP contribution < -0.4 is 0 Å². The highest BCUT2D eigenvalue weighted by atomic mass is 35.5. The van der Waals surface area contributed by atoms with Crippen LogP contribution in [-0.4, -0.2) is 37.5 Å². The Balaban J connectivity index is 2.34. The number of ether oxygens (including phenoxy) is 2. The maximum absolute atomic E-state index is 12.0. The number of halogens is 1. The molecule has 0 aromatic heterocycles. The molecule has 1 heterocycles. The molecule has 7 heteroatoms. The molecule has 25 heavy (non-hydrogen) atoms. The van der Waals surface area contributed by atoms with Gasteiger partial charge < -0.3 is 14.3 Å². The van der Waals surface area contributed by atoms with Gasteiger partial charge in [0.2, 0.25) is 0 Å². The van der Waals surface area contributed by atoms with Crippen molar-refractivity contribution in [2.75, 3.05) is 14.2 Å². The highest BCUT2D eigenvalue weighted by molar-refractivity contribution is 6.30. The summed E-state index contributed by atoms with van der Waals surface area (Å²) in [6.45, 7) is 3.88. The first-order valence-corrected chi connectivity index (χ1v) is 8.31. The maximum Gasteiger partial charge on any atom is 0.320 e. The number of esters is 2. The lowest BCUT2D eigenvalue weighted by Gasteiger charge is -2.34. The summed E-state index contributed by atoms with van der Waals surface area (Å²) in [5.74, 6) is -2.49. The van der Waals surface area contributed by atoms with Crippen LogP contribution in [-0.2, 0) is 23.9 Å². The van der Waals surface area contributed by atoms with E-state index >= 15 is 0 Å². The molecule has 1 atom stereocenters. The Morgan fingerprint density at radius 1 is 1.24 bits per heavy atom. The van der Waals surface area contributed by atoms with E-state index in [0.717, 1.165) is 5.56 Å². The van der Waals surface area contributed by atoms with Gasteiger partial charge in [0.25, 0.3) is 0 Å². The summed E-state index contributed by atoms with van der Waals surface area (Å²) >= 11 is 5.97. The highest BCUT2D eigenvalue weighted by Crippen LogP contribution is 2.36. The van der Waals surface area contributed by atoms with E-state index in [2.05, 4.69) is 5.16 Å². The number of hydrogen-bond donors (Lipinski definition) is 0. The minimum absolute atomic E-state index is 0.0721. The third kappa shape index (κ3) is 4.72. The first-order valence-electron chi connectivity index (χ1n) is 7.93. The molecule has 1 aliphatic rings. The van der Waals surface area contributed by atoms with E-state index in [-0.39, 0.29) is 12.3 Å². The molecular weight excluding hydrogens is 346 g/mol. The van der Waals surface area contributed by atoms with Crippen LogP contribution in [0.5, 0.6) is 0 Å². The van der Waals surface area contributed by atoms with E-state index in [1.54, 1.807) is 12.1 Å². The van der Waals surface area contributed by atoms with Gasteiger partial charge in [-0.1, -0.05) is 28.9 Å². The summed E-state index contributed by atoms with van der Waals surface area (Å²) in [5.41, 5.74) is 1.13. The number of hydrogen-bond acceptors (Lipinski definition) is 6. The molecular formula is C18H22ClNO5. The lowest BCUT2D eigenvalue weighted by atomic mass is 9.80. The van der Waals surface area contributed by atoms with Gasteiger partial charge in [0.05, 0.1) is 19.9 Å². The summed E-state index contributed by atoms with van der Waals surface area (Å²) in [6, 6.07) is 7.43. The average molecular weight is 368 g/mol. The molecule has 0 N–H and O–H groups in total. The fourth-order valence-corrected chi connectivity index (χ4v) is 2.96. The number of methoxy groups -OCH3 is 2. The summed E-state index contributed by atoms with van der Waals surface area (Å²) in [6.07, 6.45) is 0.727. The summed E-state index contributed by atoms with van der Waals surface area (Å²) in [5, 5.41) is 4.84. The summed E-state index contributed by atoms with van der Waals surface area (Å²) in [4.78, 5) is 29.5. The third-order valence-electron chi connectivity index (χ3n) is 4.17. The first kappa shape index (κ1) is 19.2. The molecule has 6 nitrogen and oxygen atoms in total. The van der Waals surface area contributed by atoms with Crippen LogP contribution in [0.25, 0.3) is 0 Å². The van der Waals surface area contributed by atoms with Gasteiger partial charge in [0, 0.05) is 23.8 Å². The van der Waals surface area contributed by atoms with Crippen LogP contribution in [0, 0.1) is 5.92 Å². The Labute approximate surface area is 152 Å². The van der Waals surface area contributed by atoms with E-state index in [0.29, 0.717) is 17.2 Å². The fourth-order valence-electron chi connectivity index (χ4n) is 2.83. The maximum atomic E-state index is 12.0. The molecule has 0 spiro atoms. The standard InChI is InChI=1S/C18H22ClNO5/c1-18(2)10-14(11-5-7-12(19)8-6-11)15(20-25-18)9-13(16(21)23-3)17(22)24-4/h5-8,13-14H,9-10H2,1-4H3/t14-/m0/s1. The van der Waals surface area contributed by atoms with Crippen LogP contribution in [0.2, 0.25) is 5.02 Å². The Bertz CT molecular complexity index is 653. The third-order valence-corrected chi connectivity index (χ3v) is 4.42. The zero-order valence-corrected chi connectivity index (χ0v) is 15.5. The Morgan fingerprint density at radius 3 is 2.32 bits per heavy atom. The number of benzene rings is 1. The number of nitrogens with zero attached hydrogens (tertiary/aromatic N) is 1. The molecule has 0 saturated heterocycles. The number of carbonyl (C=O) groups is 2. The quantitative estimate of drug-likeness (QED) is 0.589. The van der Waals surface area contributed by atoms with E-state index in [1.807, 2.05) is 26.0 Å². The molecule has 0 unspecified atom stereocenters. The lowest BCUT2D eigenvalue weighted by Crippen LogP contribution is -2.37. The van der Waals surface area contributed by atoms with Gasteiger partial charge in [0.15, 0.2) is 5.92 Å². The van der Waals surface area contributed by atoms with Gasteiger partial charge in [0.1, 0.15) is 5.60 Å². The molecule has 0 bridgehead atoms. The fraction of sp³-hybridized carbons (Fsp3) is 0.500. The van der Waals surface area contributed by atoms with Crippen LogP contribution in [0.15, 0.2) is 29.4 Å². The molecule has 0 fully saturated rings. The highest BCUT2D eigenvalue weighted by Gasteiger charge is 2.38. The van der Waals surface area contributed by atoms with Crippen molar-refractivity contribution < 1.29 is 23.9 Å². The van der Waals surface area contributed by atoms with Crippen molar-refractivity contribution in [2.24, 2.45) is 11.1 Å². The van der Waals surface area contributed by atoms with Crippen LogP contribution in [0.3, 0.4) is 0 Å². The second-order valence-corrected chi connectivity index (χ2v) is 6.98. The molecule has 136 valence electrons. The Kier molecular flexibility index (Phi) is 6.06. The first-order chi connectivity index (χ1) is 11.8. The normalized spacial score (nSPS) is 19.0. The van der Waals surface area contributed by atoms with Crippen LogP contribution in [0.1, 0.15) is 38.2 Å². The van der Waals surface area contributed by atoms with E-state index in [4.69, 9.17) is 25.9 Å². The molecule has 2 rings (SSSR count). The van der Waals surface area contributed by atoms with Crippen molar-refractivity contribution >= 4 is 29.3 Å². The second-order valence-electron chi connectivity index (χ2n) is 6.54. The zero-order valence-electron chi connectivity index (χ0n) is 14.7. The van der Waals surface area contributed by atoms with Crippen molar-refractivity contribution in [1.82, 2.24) is 0 Å². The number of oxime groups is 1. The monoisotopic (exact) mass is 367 g/mol. The van der Waals surface area contributed by atoms with Gasteiger partial charge in [-0.15, -0.1) is 0 Å². The SMILES string of the molecule is COC(=O)C(CC1=NOC(C)(C)C[C@H]1c1ccc(Cl)cc1)C(=O)OC. The topological polar surface area (TPSA) is 74.2 Å². The predicted molar refractivity (Wildman–Crippen MR) is 93.5 cm³/mol. The van der Waals surface area contributed by atoms with Crippen molar-refractivity contribution in [3.63, 3.8) is 0 Å². The van der Waals surface area contributed by atoms with Gasteiger partial charge >= 0.3 is 11.9 Å². The molecule has 1 aromatic rings. The molecule has 0 radical (unpaired) electrons. The van der Waals surface area contributed by atoms with E-state index in [1.165, 1.54) is 14.2 Å². The number of rotatable bonds is 5. The Hall–Kier alpha value is -2.08. The smallest absolute Gasteiger partial charge is 0.320 e. The van der Waals surface area contributed by atoms with Gasteiger partial charge in [-0.05, 0) is 31.5 Å². The molecule has 1 aromatic carbocycles. The van der Waals surface area contributed by atoms with Crippen molar-refractivity contribution in [3.05, 3.63) is 34.9 Å². The minimum Gasteiger partial charge on any atom is -0.468 e. The summed E-state index contributed by atoms with van der Waals surface area (Å²) in [7, 11) is 2.47. The Morgan fingerprint density at radius 2 is 1.80 bits per heavy atom. The lowest BCUT2D eigenvalue weighted by molar-refractivity contribution is -0.158. The molecule has 1 aliphatic heterocycles. The van der Waals surface area contributed by atoms with E-state index in [9.17, 15) is 9.59 Å². The van der Waals surface area contributed by atoms with Gasteiger partial charge in [-0.3, -0.25) is 9.59 Å². The largest absolute Gasteiger partial charge is 0.468 e. The van der Waals surface area contributed by atoms with Gasteiger partial charge in [-0.2, -0.15) is 0 Å². The van der Waals surface area contributed by atoms with Crippen molar-refractivity contribution in [2.45, 2.75) is 38.2 Å². The minimum atomic E-state index is -1.08. The average Bonchev–Trinajstić information content (AvgIpc) is 2.59.